The van der Waals surface area contributed by atoms with E-state index in [1.54, 1.807) is 0 Å². The van der Waals surface area contributed by atoms with Gasteiger partial charge in [0.25, 0.3) is 0 Å². The third-order valence-electron chi connectivity index (χ3n) is 0. The average molecular weight is 376 g/mol. The van der Waals surface area contributed by atoms with E-state index in [0.29, 0.717) is 0 Å². The molecule has 0 unspecified atom stereocenters. The van der Waals surface area contributed by atoms with Gasteiger partial charge in [-0.2, -0.15) is 62.3 Å². The maximum absolute atomic E-state index is 8.88. The van der Waals surface area contributed by atoms with E-state index in [4.69, 9.17) is 19.2 Å². The van der Waals surface area contributed by atoms with E-state index in [1.807, 2.05) is 0 Å². The van der Waals surface area contributed by atoms with Gasteiger partial charge in [0.15, 0.2) is 0 Å². The molecule has 0 aliphatic heterocycles. The Kier molecular flexibility index (Phi) is 34.9. The minimum Gasteiger partial charge on any atom is -0.323 e. The molecule has 0 fully saturated rings. The molecular formula is C12H30O4PPd-3. The van der Waals surface area contributed by atoms with Crippen molar-refractivity contribution < 1.29 is 39.7 Å². The molecule has 6 heteroatoms. The topological polar surface area (TPSA) is 77.8 Å². The van der Waals surface area contributed by atoms with Gasteiger partial charge in [-0.1, -0.05) is 0 Å². The third kappa shape index (κ3) is 6990. The van der Waals surface area contributed by atoms with Gasteiger partial charge in [0.2, 0.25) is 0 Å². The normalized spacial score (nSPS) is 9.28. The third-order valence-corrected chi connectivity index (χ3v) is 0. The predicted molar refractivity (Wildman–Crippen MR) is 75.1 cm³/mol. The first kappa shape index (κ1) is 31.3. The van der Waals surface area contributed by atoms with Crippen LogP contribution in [0.15, 0.2) is 0 Å². The Bertz CT molecular complexity index is 137. The zero-order valence-corrected chi connectivity index (χ0v) is 15.5. The molecule has 0 saturated heterocycles. The summed E-state index contributed by atoms with van der Waals surface area (Å²) in [5.41, 5.74) is 0. The maximum Gasteiger partial charge on any atom is 0.466 e. The zero-order valence-electron chi connectivity index (χ0n) is 13.0. The van der Waals surface area contributed by atoms with Gasteiger partial charge in [-0.3, -0.25) is 0 Å². The van der Waals surface area contributed by atoms with Crippen LogP contribution in [0.4, 0.5) is 0 Å². The van der Waals surface area contributed by atoms with E-state index >= 15 is 0 Å². The van der Waals surface area contributed by atoms with Crippen molar-refractivity contribution >= 4 is 7.82 Å². The molecule has 0 bridgehead atoms. The number of hydrogen-bond acceptors (Lipinski definition) is 1. The molecule has 0 radical (unpaired) electrons. The smallest absolute Gasteiger partial charge is 0.323 e. The van der Waals surface area contributed by atoms with Crippen LogP contribution in [0, 0.1) is 17.8 Å². The molecule has 0 aliphatic carbocycles. The summed E-state index contributed by atoms with van der Waals surface area (Å²) in [6.45, 7) is 18.8. The fraction of sp³-hybridized carbons (Fsp3) is 0.750. The van der Waals surface area contributed by atoms with E-state index in [1.165, 1.54) is 17.8 Å². The molecule has 0 saturated carbocycles. The molecule has 0 atom stereocenters. The van der Waals surface area contributed by atoms with Crippen LogP contribution in [0.5, 0.6) is 0 Å². The van der Waals surface area contributed by atoms with Crippen molar-refractivity contribution in [3.05, 3.63) is 17.8 Å². The molecule has 0 aromatic carbocycles. The summed E-state index contributed by atoms with van der Waals surface area (Å²) in [5, 5.41) is 0. The summed E-state index contributed by atoms with van der Waals surface area (Å²) >= 11 is 0. The standard InChI is InChI=1S/3C4H9.H3O4P.Pd/c3*1-4(2)3;1-5(2,3)4;/h3*1-3H3;(H3,1,2,3,4);/q3*-1;;. The van der Waals surface area contributed by atoms with Crippen LogP contribution in [0.25, 0.3) is 0 Å². The van der Waals surface area contributed by atoms with Crippen LogP contribution in [-0.4, -0.2) is 14.7 Å². The van der Waals surface area contributed by atoms with Gasteiger partial charge in [-0.25, -0.2) is 4.57 Å². The van der Waals surface area contributed by atoms with E-state index in [-0.39, 0.29) is 20.4 Å². The maximum atomic E-state index is 8.88. The zero-order chi connectivity index (χ0) is 15.2. The van der Waals surface area contributed by atoms with Gasteiger partial charge >= 0.3 is 7.82 Å². The summed E-state index contributed by atoms with van der Waals surface area (Å²) in [4.78, 5) is 21.6. The first-order chi connectivity index (χ1) is 7.20. The Hall–Kier alpha value is 0.772. The van der Waals surface area contributed by atoms with E-state index in [0.717, 1.165) is 0 Å². The molecule has 0 aromatic heterocycles. The molecule has 4 nitrogen and oxygen atoms in total. The van der Waals surface area contributed by atoms with Gasteiger partial charge in [-0.15, -0.1) is 0 Å². The number of rotatable bonds is 0. The van der Waals surface area contributed by atoms with Crippen molar-refractivity contribution in [2.24, 2.45) is 0 Å². The second kappa shape index (κ2) is 20.1. The first-order valence-corrected chi connectivity index (χ1v) is 6.85. The van der Waals surface area contributed by atoms with Crippen molar-refractivity contribution in [3.8, 4) is 0 Å². The van der Waals surface area contributed by atoms with Crippen LogP contribution in [0.1, 0.15) is 62.3 Å². The number of phosphoric acid groups is 1. The molecule has 0 heterocycles. The molecule has 120 valence electrons. The average Bonchev–Trinajstić information content (AvgIpc) is 1.73. The van der Waals surface area contributed by atoms with Crippen LogP contribution in [0.3, 0.4) is 0 Å². The van der Waals surface area contributed by atoms with Crippen molar-refractivity contribution in [3.63, 3.8) is 0 Å². The van der Waals surface area contributed by atoms with Crippen molar-refractivity contribution in [2.45, 2.75) is 62.3 Å². The van der Waals surface area contributed by atoms with E-state index in [2.05, 4.69) is 62.3 Å². The summed E-state index contributed by atoms with van der Waals surface area (Å²) in [5.74, 6) is 4.25. The minimum absolute atomic E-state index is 0. The number of hydrogen-bond donors (Lipinski definition) is 3. The molecule has 3 N–H and O–H groups in total. The van der Waals surface area contributed by atoms with Crippen molar-refractivity contribution in [1.82, 2.24) is 0 Å². The van der Waals surface area contributed by atoms with Gasteiger partial charge in [0.1, 0.15) is 0 Å². The molecular weight excluding hydrogens is 346 g/mol. The Morgan fingerprint density at radius 3 is 0.611 bits per heavy atom. The van der Waals surface area contributed by atoms with Crippen molar-refractivity contribution in [2.75, 3.05) is 0 Å². The van der Waals surface area contributed by atoms with Crippen LogP contribution >= 0.6 is 7.82 Å². The van der Waals surface area contributed by atoms with E-state index < -0.39 is 7.82 Å². The molecule has 0 aliphatic rings. The van der Waals surface area contributed by atoms with Gasteiger partial charge in [0.05, 0.1) is 0 Å². The predicted octanol–water partition coefficient (Wildman–Crippen LogP) is 3.93. The minimum atomic E-state index is -4.64. The summed E-state index contributed by atoms with van der Waals surface area (Å²) in [7, 11) is -4.64. The van der Waals surface area contributed by atoms with Gasteiger partial charge < -0.3 is 32.4 Å². The van der Waals surface area contributed by atoms with Gasteiger partial charge in [-0.05, 0) is 0 Å². The molecule has 0 spiro atoms. The Balaban J connectivity index is -0.0000000412. The summed E-state index contributed by atoms with van der Waals surface area (Å²) in [6.07, 6.45) is 0. The molecule has 0 rings (SSSR count). The summed E-state index contributed by atoms with van der Waals surface area (Å²) in [6, 6.07) is 0. The van der Waals surface area contributed by atoms with Crippen LogP contribution in [-0.2, 0) is 25.0 Å². The Morgan fingerprint density at radius 1 is 0.611 bits per heavy atom. The van der Waals surface area contributed by atoms with Crippen molar-refractivity contribution in [1.29, 1.82) is 0 Å². The largest absolute Gasteiger partial charge is 0.466 e. The van der Waals surface area contributed by atoms with Crippen LogP contribution < -0.4 is 0 Å². The van der Waals surface area contributed by atoms with Crippen LogP contribution in [0.2, 0.25) is 0 Å². The molecule has 18 heavy (non-hydrogen) atoms. The molecule has 0 amide bonds. The van der Waals surface area contributed by atoms with E-state index in [9.17, 15) is 0 Å². The second-order valence-electron chi connectivity index (χ2n) is 5.01. The van der Waals surface area contributed by atoms with Gasteiger partial charge in [0, 0.05) is 20.4 Å². The monoisotopic (exact) mass is 375 g/mol. The Morgan fingerprint density at radius 2 is 0.611 bits per heavy atom. The Labute approximate surface area is 127 Å². The fourth-order valence-corrected chi connectivity index (χ4v) is 0. The second-order valence-corrected chi connectivity index (χ2v) is 6.04. The first-order valence-electron chi connectivity index (χ1n) is 5.28. The fourth-order valence-electron chi connectivity index (χ4n) is 0. The molecule has 0 aromatic rings. The summed E-state index contributed by atoms with van der Waals surface area (Å²) < 4.78 is 8.88. The quantitative estimate of drug-likeness (QED) is 0.340. The SMILES string of the molecule is C[C-](C)C.C[C-](C)C.C[C-](C)C.O=P(O)(O)O.[Pd].